The molecule has 23 heavy (non-hydrogen) atoms. The van der Waals surface area contributed by atoms with E-state index in [0.717, 1.165) is 18.6 Å². The molecule has 6 nitrogen and oxygen atoms in total. The van der Waals surface area contributed by atoms with Gasteiger partial charge in [-0.1, -0.05) is 6.07 Å². The molecule has 1 fully saturated rings. The van der Waals surface area contributed by atoms with E-state index < -0.39 is 0 Å². The number of amides is 2. The van der Waals surface area contributed by atoms with E-state index in [1.165, 1.54) is 0 Å². The van der Waals surface area contributed by atoms with Crippen LogP contribution in [0.4, 0.5) is 0 Å². The number of likely N-dealkylation sites (tertiary alicyclic amines) is 1. The number of ether oxygens (including phenoxy) is 2. The van der Waals surface area contributed by atoms with Crippen molar-refractivity contribution in [1.82, 2.24) is 9.80 Å². The highest BCUT2D eigenvalue weighted by Gasteiger charge is 2.21. The maximum Gasteiger partial charge on any atom is 0.242 e. The van der Waals surface area contributed by atoms with Crippen molar-refractivity contribution < 1.29 is 19.1 Å². The molecule has 0 aromatic heterocycles. The molecule has 1 aliphatic rings. The van der Waals surface area contributed by atoms with E-state index in [1.807, 2.05) is 18.2 Å². The Balaban J connectivity index is 1.74. The summed E-state index contributed by atoms with van der Waals surface area (Å²) in [6.07, 6.45) is 2.45. The van der Waals surface area contributed by atoms with Crippen LogP contribution in [0, 0.1) is 0 Å². The molecular weight excluding hydrogens is 296 g/mol. The zero-order valence-corrected chi connectivity index (χ0v) is 13.8. The van der Waals surface area contributed by atoms with E-state index in [-0.39, 0.29) is 18.4 Å². The predicted octanol–water partition coefficient (Wildman–Crippen LogP) is 1.54. The minimum absolute atomic E-state index is 0.0607. The molecule has 0 saturated carbocycles. The van der Waals surface area contributed by atoms with Gasteiger partial charge in [-0.15, -0.1) is 0 Å². The molecule has 0 unspecified atom stereocenters. The summed E-state index contributed by atoms with van der Waals surface area (Å²) in [6.45, 7) is 1.70. The summed E-state index contributed by atoms with van der Waals surface area (Å²) in [5.41, 5.74) is 0. The van der Waals surface area contributed by atoms with Crippen molar-refractivity contribution in [2.75, 3.05) is 40.4 Å². The molecule has 0 aliphatic carbocycles. The van der Waals surface area contributed by atoms with Crippen molar-refractivity contribution in [3.8, 4) is 11.5 Å². The molecule has 0 atom stereocenters. The van der Waals surface area contributed by atoms with Gasteiger partial charge in [-0.3, -0.25) is 9.59 Å². The molecule has 0 radical (unpaired) electrons. The molecule has 0 spiro atoms. The molecule has 2 rings (SSSR count). The number of hydrogen-bond donors (Lipinski definition) is 0. The molecule has 0 N–H and O–H groups in total. The van der Waals surface area contributed by atoms with Gasteiger partial charge in [0.15, 0.2) is 0 Å². The van der Waals surface area contributed by atoms with Crippen LogP contribution in [-0.2, 0) is 9.59 Å². The Morgan fingerprint density at radius 3 is 2.83 bits per heavy atom. The normalized spacial score (nSPS) is 14.5. The average Bonchev–Trinajstić information content (AvgIpc) is 2.57. The maximum atomic E-state index is 12.2. The van der Waals surface area contributed by atoms with E-state index in [4.69, 9.17) is 9.47 Å². The van der Waals surface area contributed by atoms with Gasteiger partial charge in [0.05, 0.1) is 20.2 Å². The second-order valence-electron chi connectivity index (χ2n) is 5.62. The van der Waals surface area contributed by atoms with Gasteiger partial charge in [-0.2, -0.15) is 0 Å². The van der Waals surface area contributed by atoms with E-state index in [2.05, 4.69) is 0 Å². The standard InChI is InChI=1S/C17H24N2O4/c1-18(17(21)13-19-9-4-3-8-16(19)20)10-11-23-15-7-5-6-14(12-15)22-2/h5-7,12H,3-4,8-11,13H2,1-2H3. The molecule has 126 valence electrons. The lowest BCUT2D eigenvalue weighted by molar-refractivity contribution is -0.141. The first kappa shape index (κ1) is 17.1. The smallest absolute Gasteiger partial charge is 0.242 e. The summed E-state index contributed by atoms with van der Waals surface area (Å²) in [7, 11) is 3.33. The average molecular weight is 320 g/mol. The topological polar surface area (TPSA) is 59.1 Å². The number of hydrogen-bond acceptors (Lipinski definition) is 4. The molecule has 1 aliphatic heterocycles. The molecule has 2 amide bonds. The number of nitrogens with zero attached hydrogens (tertiary/aromatic N) is 2. The number of rotatable bonds is 7. The van der Waals surface area contributed by atoms with Crippen molar-refractivity contribution in [2.24, 2.45) is 0 Å². The molecule has 1 heterocycles. The summed E-state index contributed by atoms with van der Waals surface area (Å²) in [4.78, 5) is 27.1. The van der Waals surface area contributed by atoms with Crippen LogP contribution in [0.2, 0.25) is 0 Å². The lowest BCUT2D eigenvalue weighted by Crippen LogP contribution is -2.44. The van der Waals surface area contributed by atoms with E-state index in [1.54, 1.807) is 30.0 Å². The van der Waals surface area contributed by atoms with Crippen molar-refractivity contribution in [1.29, 1.82) is 0 Å². The zero-order valence-electron chi connectivity index (χ0n) is 13.8. The predicted molar refractivity (Wildman–Crippen MR) is 86.6 cm³/mol. The Kier molecular flexibility index (Phi) is 6.26. The first-order valence-electron chi connectivity index (χ1n) is 7.89. The Morgan fingerprint density at radius 2 is 2.09 bits per heavy atom. The van der Waals surface area contributed by atoms with Crippen LogP contribution in [0.25, 0.3) is 0 Å². The Morgan fingerprint density at radius 1 is 1.30 bits per heavy atom. The third-order valence-corrected chi connectivity index (χ3v) is 3.91. The maximum absolute atomic E-state index is 12.2. The van der Waals surface area contributed by atoms with Crippen LogP contribution in [-0.4, -0.2) is 62.0 Å². The van der Waals surface area contributed by atoms with Crippen LogP contribution in [0.3, 0.4) is 0 Å². The first-order chi connectivity index (χ1) is 11.1. The fourth-order valence-electron chi connectivity index (χ4n) is 2.43. The quantitative estimate of drug-likeness (QED) is 0.765. The Hall–Kier alpha value is -2.24. The molecule has 1 saturated heterocycles. The van der Waals surface area contributed by atoms with Gasteiger partial charge < -0.3 is 19.3 Å². The fourth-order valence-corrected chi connectivity index (χ4v) is 2.43. The zero-order chi connectivity index (χ0) is 16.7. The van der Waals surface area contributed by atoms with Crippen molar-refractivity contribution in [3.05, 3.63) is 24.3 Å². The highest BCUT2D eigenvalue weighted by atomic mass is 16.5. The fraction of sp³-hybridized carbons (Fsp3) is 0.529. The molecular formula is C17H24N2O4. The summed E-state index contributed by atoms with van der Waals surface area (Å²) >= 11 is 0. The van der Waals surface area contributed by atoms with Crippen LogP contribution in [0.15, 0.2) is 24.3 Å². The molecule has 6 heteroatoms. The Labute approximate surface area is 137 Å². The van der Waals surface area contributed by atoms with Gasteiger partial charge in [-0.25, -0.2) is 0 Å². The van der Waals surface area contributed by atoms with Crippen LogP contribution in [0.1, 0.15) is 19.3 Å². The molecule has 0 bridgehead atoms. The van der Waals surface area contributed by atoms with Gasteiger partial charge in [0.25, 0.3) is 0 Å². The van der Waals surface area contributed by atoms with Gasteiger partial charge in [0, 0.05) is 26.1 Å². The van der Waals surface area contributed by atoms with Crippen molar-refractivity contribution in [2.45, 2.75) is 19.3 Å². The van der Waals surface area contributed by atoms with Crippen molar-refractivity contribution in [3.63, 3.8) is 0 Å². The number of methoxy groups -OCH3 is 1. The van der Waals surface area contributed by atoms with Crippen LogP contribution < -0.4 is 9.47 Å². The minimum atomic E-state index is -0.0607. The van der Waals surface area contributed by atoms with Gasteiger partial charge in [0.2, 0.25) is 11.8 Å². The number of benzene rings is 1. The monoisotopic (exact) mass is 320 g/mol. The summed E-state index contributed by atoms with van der Waals surface area (Å²) in [6, 6.07) is 7.34. The van der Waals surface area contributed by atoms with Gasteiger partial charge in [0.1, 0.15) is 18.1 Å². The van der Waals surface area contributed by atoms with E-state index in [0.29, 0.717) is 31.9 Å². The SMILES string of the molecule is COc1cccc(OCCN(C)C(=O)CN2CCCCC2=O)c1. The van der Waals surface area contributed by atoms with E-state index in [9.17, 15) is 9.59 Å². The first-order valence-corrected chi connectivity index (χ1v) is 7.89. The number of piperidine rings is 1. The van der Waals surface area contributed by atoms with Gasteiger partial charge >= 0.3 is 0 Å². The summed E-state index contributed by atoms with van der Waals surface area (Å²) < 4.78 is 10.8. The number of carbonyl (C=O) groups is 2. The Bertz CT molecular complexity index is 547. The summed E-state index contributed by atoms with van der Waals surface area (Å²) in [5, 5.41) is 0. The molecule has 1 aromatic carbocycles. The van der Waals surface area contributed by atoms with Crippen LogP contribution >= 0.6 is 0 Å². The van der Waals surface area contributed by atoms with Crippen molar-refractivity contribution >= 4 is 11.8 Å². The molecule has 1 aromatic rings. The minimum Gasteiger partial charge on any atom is -0.497 e. The second-order valence-corrected chi connectivity index (χ2v) is 5.62. The van der Waals surface area contributed by atoms with Gasteiger partial charge in [-0.05, 0) is 25.0 Å². The number of carbonyl (C=O) groups excluding carboxylic acids is 2. The lowest BCUT2D eigenvalue weighted by atomic mass is 10.1. The highest BCUT2D eigenvalue weighted by molar-refractivity contribution is 5.85. The second kappa shape index (κ2) is 8.41. The van der Waals surface area contributed by atoms with E-state index >= 15 is 0 Å². The lowest BCUT2D eigenvalue weighted by Gasteiger charge is -2.28. The summed E-state index contributed by atoms with van der Waals surface area (Å²) in [5.74, 6) is 1.45. The number of likely N-dealkylation sites (N-methyl/N-ethyl adjacent to an activating group) is 1. The largest absolute Gasteiger partial charge is 0.497 e. The highest BCUT2D eigenvalue weighted by Crippen LogP contribution is 2.18. The third-order valence-electron chi connectivity index (χ3n) is 3.91. The van der Waals surface area contributed by atoms with Crippen LogP contribution in [0.5, 0.6) is 11.5 Å². The third kappa shape index (κ3) is 5.16.